The second kappa shape index (κ2) is 9.78. The first kappa shape index (κ1) is 24.8. The summed E-state index contributed by atoms with van der Waals surface area (Å²) in [4.78, 5) is 25.1. The molecule has 0 unspecified atom stereocenters. The zero-order valence-corrected chi connectivity index (χ0v) is 15.9. The second-order valence-corrected chi connectivity index (χ2v) is 6.64. The monoisotopic (exact) mass is 460 g/mol. The maximum atomic E-state index is 14.4. The summed E-state index contributed by atoms with van der Waals surface area (Å²) in [5, 5.41) is 2.06. The number of nitrogens with one attached hydrogen (secondary N) is 1. The van der Waals surface area contributed by atoms with Crippen LogP contribution in [0.25, 0.3) is 0 Å². The SMILES string of the molecule is NC[C@H](C(=O)Nc1ccc(N2CCOCC2=O)c(F)c1)N(CC(F)(F)F)CC(F)(F)F. The first-order valence-corrected chi connectivity index (χ1v) is 8.87. The number of hydrogen-bond acceptors (Lipinski definition) is 5. The van der Waals surface area contributed by atoms with E-state index in [0.29, 0.717) is 0 Å². The number of halogens is 7. The first-order chi connectivity index (χ1) is 14.3. The number of benzene rings is 1. The van der Waals surface area contributed by atoms with Gasteiger partial charge in [-0.3, -0.25) is 14.5 Å². The number of amides is 2. The Labute approximate surface area is 171 Å². The zero-order valence-electron chi connectivity index (χ0n) is 15.9. The Morgan fingerprint density at radius 1 is 1.19 bits per heavy atom. The third kappa shape index (κ3) is 7.33. The molecule has 1 aliphatic heterocycles. The molecule has 0 aliphatic carbocycles. The van der Waals surface area contributed by atoms with Crippen LogP contribution in [0.15, 0.2) is 18.2 Å². The number of ether oxygens (including phenoxy) is 1. The quantitative estimate of drug-likeness (QED) is 0.607. The van der Waals surface area contributed by atoms with E-state index in [1.54, 1.807) is 0 Å². The highest BCUT2D eigenvalue weighted by Gasteiger charge is 2.42. The van der Waals surface area contributed by atoms with Crippen molar-refractivity contribution in [2.75, 3.05) is 49.6 Å². The molecule has 7 nitrogen and oxygen atoms in total. The Kier molecular flexibility index (Phi) is 7.83. The lowest BCUT2D eigenvalue weighted by atomic mass is 10.2. The van der Waals surface area contributed by atoms with Gasteiger partial charge in [-0.15, -0.1) is 0 Å². The number of morpholine rings is 1. The number of alkyl halides is 6. The number of rotatable bonds is 7. The highest BCUT2D eigenvalue weighted by atomic mass is 19.4. The van der Waals surface area contributed by atoms with Crippen LogP contribution in [-0.4, -0.2) is 74.5 Å². The van der Waals surface area contributed by atoms with E-state index in [1.165, 1.54) is 0 Å². The number of hydrogen-bond donors (Lipinski definition) is 2. The Morgan fingerprint density at radius 2 is 1.81 bits per heavy atom. The maximum Gasteiger partial charge on any atom is 0.401 e. The fourth-order valence-electron chi connectivity index (χ4n) is 2.96. The average molecular weight is 460 g/mol. The van der Waals surface area contributed by atoms with Crippen molar-refractivity contribution < 1.29 is 45.1 Å². The molecule has 2 rings (SSSR count). The number of carbonyl (C=O) groups is 2. The normalized spacial score (nSPS) is 16.5. The number of nitrogens with zero attached hydrogens (tertiary/aromatic N) is 2. The summed E-state index contributed by atoms with van der Waals surface area (Å²) in [6.07, 6.45) is -10.0. The molecule has 1 aromatic rings. The van der Waals surface area contributed by atoms with Crippen LogP contribution in [0.3, 0.4) is 0 Å². The minimum Gasteiger partial charge on any atom is -0.370 e. The first-order valence-electron chi connectivity index (χ1n) is 8.87. The van der Waals surface area contributed by atoms with Crippen LogP contribution < -0.4 is 16.0 Å². The van der Waals surface area contributed by atoms with E-state index in [9.17, 15) is 40.3 Å². The predicted octanol–water partition coefficient (Wildman–Crippen LogP) is 1.88. The van der Waals surface area contributed by atoms with Gasteiger partial charge >= 0.3 is 12.4 Å². The van der Waals surface area contributed by atoms with Crippen LogP contribution in [0.5, 0.6) is 0 Å². The van der Waals surface area contributed by atoms with Gasteiger partial charge in [0.15, 0.2) is 0 Å². The Morgan fingerprint density at radius 3 is 2.29 bits per heavy atom. The molecule has 1 atom stereocenters. The standard InChI is InChI=1S/C17H19F7N4O3/c18-11-5-10(1-2-12(11)28-3-4-31-7-14(28)29)26-15(30)13(6-25)27(8-16(19,20)21)9-17(22,23)24/h1-2,5,13H,3-4,6-9,25H2,(H,26,30)/t13-/m1/s1. The largest absolute Gasteiger partial charge is 0.401 e. The molecule has 0 radical (unpaired) electrons. The summed E-state index contributed by atoms with van der Waals surface area (Å²) in [5.41, 5.74) is 4.92. The third-order valence-electron chi connectivity index (χ3n) is 4.22. The molecule has 31 heavy (non-hydrogen) atoms. The highest BCUT2D eigenvalue weighted by Crippen LogP contribution is 2.26. The molecule has 3 N–H and O–H groups in total. The summed E-state index contributed by atoms with van der Waals surface area (Å²) in [6, 6.07) is 1.12. The summed E-state index contributed by atoms with van der Waals surface area (Å²) in [7, 11) is 0. The third-order valence-corrected chi connectivity index (χ3v) is 4.22. The molecule has 1 saturated heterocycles. The number of carbonyl (C=O) groups excluding carboxylic acids is 2. The van der Waals surface area contributed by atoms with Gasteiger partial charge in [-0.05, 0) is 18.2 Å². The van der Waals surface area contributed by atoms with Crippen molar-refractivity contribution in [3.05, 3.63) is 24.0 Å². The van der Waals surface area contributed by atoms with Crippen molar-refractivity contribution in [2.45, 2.75) is 18.4 Å². The highest BCUT2D eigenvalue weighted by molar-refractivity contribution is 5.97. The van der Waals surface area contributed by atoms with Crippen molar-refractivity contribution in [3.8, 4) is 0 Å². The molecule has 1 heterocycles. The van der Waals surface area contributed by atoms with Crippen LogP contribution >= 0.6 is 0 Å². The van der Waals surface area contributed by atoms with Crippen LogP contribution in [-0.2, 0) is 14.3 Å². The van der Waals surface area contributed by atoms with Crippen molar-refractivity contribution in [1.29, 1.82) is 0 Å². The van der Waals surface area contributed by atoms with Crippen molar-refractivity contribution in [2.24, 2.45) is 5.73 Å². The molecule has 0 saturated carbocycles. The van der Waals surface area contributed by atoms with Gasteiger partial charge in [0.2, 0.25) is 5.91 Å². The Balaban J connectivity index is 2.18. The molecular weight excluding hydrogens is 441 g/mol. The second-order valence-electron chi connectivity index (χ2n) is 6.64. The van der Waals surface area contributed by atoms with E-state index >= 15 is 0 Å². The number of nitrogens with two attached hydrogens (primary N) is 1. The molecule has 174 valence electrons. The lowest BCUT2D eigenvalue weighted by Crippen LogP contribution is -2.54. The fraction of sp³-hybridized carbons (Fsp3) is 0.529. The lowest BCUT2D eigenvalue weighted by molar-refractivity contribution is -0.186. The molecule has 0 aromatic heterocycles. The number of anilines is 2. The average Bonchev–Trinajstić information content (AvgIpc) is 2.60. The van der Waals surface area contributed by atoms with E-state index in [0.717, 1.165) is 23.1 Å². The summed E-state index contributed by atoms with van der Waals surface area (Å²) in [5.74, 6) is -2.70. The molecule has 0 spiro atoms. The van der Waals surface area contributed by atoms with Crippen LogP contribution in [0.4, 0.5) is 42.1 Å². The van der Waals surface area contributed by atoms with Crippen LogP contribution in [0, 0.1) is 5.82 Å². The minimum atomic E-state index is -5.02. The van der Waals surface area contributed by atoms with Gasteiger partial charge in [-0.2, -0.15) is 26.3 Å². The van der Waals surface area contributed by atoms with E-state index in [4.69, 9.17) is 10.5 Å². The maximum absolute atomic E-state index is 14.4. The summed E-state index contributed by atoms with van der Waals surface area (Å²) in [6.45, 7) is -4.87. The topological polar surface area (TPSA) is 87.9 Å². The molecule has 1 aromatic carbocycles. The molecular formula is C17H19F7N4O3. The van der Waals surface area contributed by atoms with Crippen molar-refractivity contribution in [1.82, 2.24) is 4.90 Å². The van der Waals surface area contributed by atoms with E-state index < -0.39 is 55.7 Å². The lowest BCUT2D eigenvalue weighted by Gasteiger charge is -2.31. The molecule has 2 amide bonds. The van der Waals surface area contributed by atoms with E-state index in [2.05, 4.69) is 5.32 Å². The van der Waals surface area contributed by atoms with Gasteiger partial charge in [0.1, 0.15) is 18.5 Å². The zero-order chi connectivity index (χ0) is 23.4. The van der Waals surface area contributed by atoms with Gasteiger partial charge in [-0.25, -0.2) is 4.39 Å². The smallest absolute Gasteiger partial charge is 0.370 e. The van der Waals surface area contributed by atoms with Crippen LogP contribution in [0.1, 0.15) is 0 Å². The summed E-state index contributed by atoms with van der Waals surface area (Å²) < 4.78 is 95.6. The molecule has 1 fully saturated rings. The Hall–Kier alpha value is -2.45. The van der Waals surface area contributed by atoms with E-state index in [1.807, 2.05) is 0 Å². The van der Waals surface area contributed by atoms with E-state index in [-0.39, 0.29) is 36.0 Å². The van der Waals surface area contributed by atoms with Gasteiger partial charge in [-0.1, -0.05) is 0 Å². The molecule has 14 heteroatoms. The van der Waals surface area contributed by atoms with Gasteiger partial charge in [0.05, 0.1) is 25.4 Å². The van der Waals surface area contributed by atoms with Crippen molar-refractivity contribution >= 4 is 23.2 Å². The molecule has 0 bridgehead atoms. The fourth-order valence-corrected chi connectivity index (χ4v) is 2.96. The predicted molar refractivity (Wildman–Crippen MR) is 94.7 cm³/mol. The van der Waals surface area contributed by atoms with Crippen molar-refractivity contribution in [3.63, 3.8) is 0 Å². The van der Waals surface area contributed by atoms with Crippen LogP contribution in [0.2, 0.25) is 0 Å². The molecule has 1 aliphatic rings. The van der Waals surface area contributed by atoms with Gasteiger partial charge < -0.3 is 20.7 Å². The van der Waals surface area contributed by atoms with Gasteiger partial charge in [0, 0.05) is 18.8 Å². The summed E-state index contributed by atoms with van der Waals surface area (Å²) >= 11 is 0. The Bertz CT molecular complexity index is 785. The van der Waals surface area contributed by atoms with Gasteiger partial charge in [0.25, 0.3) is 5.91 Å². The minimum absolute atomic E-state index is 0.0839.